The van der Waals surface area contributed by atoms with Crippen molar-refractivity contribution >= 4 is 11.7 Å². The molecule has 0 saturated carbocycles. The summed E-state index contributed by atoms with van der Waals surface area (Å²) in [6.07, 6.45) is 1.59. The molecule has 1 amide bonds. The van der Waals surface area contributed by atoms with Gasteiger partial charge in [0, 0.05) is 12.2 Å². The van der Waals surface area contributed by atoms with E-state index in [4.69, 9.17) is 10.8 Å². The number of rotatable bonds is 5. The van der Waals surface area contributed by atoms with E-state index in [1.54, 1.807) is 18.3 Å². The molecule has 5 nitrogen and oxygen atoms in total. The van der Waals surface area contributed by atoms with E-state index in [1.165, 1.54) is 0 Å². The molecule has 0 spiro atoms. The molecular formula is C11H17N3O2. The summed E-state index contributed by atoms with van der Waals surface area (Å²) in [7, 11) is 0. The van der Waals surface area contributed by atoms with Gasteiger partial charge in [0.25, 0.3) is 0 Å². The Bertz CT molecular complexity index is 349. The molecule has 0 fully saturated rings. The lowest BCUT2D eigenvalue weighted by molar-refractivity contribution is -0.116. The Hall–Kier alpha value is -1.62. The van der Waals surface area contributed by atoms with Gasteiger partial charge in [0.05, 0.1) is 13.2 Å². The summed E-state index contributed by atoms with van der Waals surface area (Å²) in [5, 5.41) is 8.89. The zero-order valence-electron chi connectivity index (χ0n) is 9.55. The first-order chi connectivity index (χ1) is 7.54. The van der Waals surface area contributed by atoms with E-state index in [9.17, 15) is 4.79 Å². The first kappa shape index (κ1) is 12.4. The predicted octanol–water partition coefficient (Wildman–Crippen LogP) is 0.274. The Morgan fingerprint density at radius 2 is 2.25 bits per heavy atom. The van der Waals surface area contributed by atoms with Crippen LogP contribution in [0.5, 0.6) is 0 Å². The fourth-order valence-corrected chi connectivity index (χ4v) is 1.38. The predicted molar refractivity (Wildman–Crippen MR) is 61.8 cm³/mol. The van der Waals surface area contributed by atoms with Crippen LogP contribution in [-0.4, -0.2) is 28.6 Å². The summed E-state index contributed by atoms with van der Waals surface area (Å²) in [4.78, 5) is 16.9. The molecule has 0 atom stereocenters. The minimum atomic E-state index is -0.387. The van der Waals surface area contributed by atoms with Crippen LogP contribution in [0.1, 0.15) is 19.4 Å². The first-order valence-electron chi connectivity index (χ1n) is 5.15. The highest BCUT2D eigenvalue weighted by molar-refractivity contribution is 5.79. The molecule has 1 aromatic heterocycles. The van der Waals surface area contributed by atoms with Crippen LogP contribution in [0.3, 0.4) is 0 Å². The maximum atomic E-state index is 10.9. The molecular weight excluding hydrogens is 206 g/mol. The number of hydrogen-bond acceptors (Lipinski definition) is 4. The Balaban J connectivity index is 2.88. The Morgan fingerprint density at radius 3 is 2.62 bits per heavy atom. The molecule has 5 heteroatoms. The third kappa shape index (κ3) is 3.20. The lowest BCUT2D eigenvalue weighted by Gasteiger charge is -2.26. The van der Waals surface area contributed by atoms with E-state index >= 15 is 0 Å². The smallest absolute Gasteiger partial charge is 0.237 e. The number of primary amides is 1. The van der Waals surface area contributed by atoms with E-state index in [1.807, 2.05) is 18.7 Å². The van der Waals surface area contributed by atoms with E-state index in [0.29, 0.717) is 5.82 Å². The van der Waals surface area contributed by atoms with Crippen LogP contribution >= 0.6 is 0 Å². The quantitative estimate of drug-likeness (QED) is 0.751. The van der Waals surface area contributed by atoms with Crippen molar-refractivity contribution in [3.8, 4) is 0 Å². The van der Waals surface area contributed by atoms with Crippen LogP contribution < -0.4 is 10.6 Å². The van der Waals surface area contributed by atoms with Gasteiger partial charge >= 0.3 is 0 Å². The number of nitrogens with two attached hydrogens (primary N) is 1. The summed E-state index contributed by atoms with van der Waals surface area (Å²) in [6, 6.07) is 3.69. The Labute approximate surface area is 94.9 Å². The van der Waals surface area contributed by atoms with Gasteiger partial charge in [-0.3, -0.25) is 4.79 Å². The van der Waals surface area contributed by atoms with Crippen LogP contribution in [0.25, 0.3) is 0 Å². The molecule has 16 heavy (non-hydrogen) atoms. The minimum Gasteiger partial charge on any atom is -0.392 e. The number of carbonyl (C=O) groups excluding carboxylic acids is 1. The number of aromatic nitrogens is 1. The van der Waals surface area contributed by atoms with Crippen LogP contribution in [0.4, 0.5) is 5.82 Å². The molecule has 0 aliphatic rings. The molecule has 0 aliphatic carbocycles. The maximum absolute atomic E-state index is 10.9. The number of anilines is 1. The van der Waals surface area contributed by atoms with Crippen LogP contribution in [-0.2, 0) is 11.4 Å². The average Bonchev–Trinajstić information content (AvgIpc) is 2.25. The van der Waals surface area contributed by atoms with Crippen molar-refractivity contribution in [2.24, 2.45) is 5.73 Å². The topological polar surface area (TPSA) is 79.5 Å². The van der Waals surface area contributed by atoms with Gasteiger partial charge in [0.1, 0.15) is 5.82 Å². The fourth-order valence-electron chi connectivity index (χ4n) is 1.38. The third-order valence-corrected chi connectivity index (χ3v) is 2.24. The highest BCUT2D eigenvalue weighted by atomic mass is 16.3. The monoisotopic (exact) mass is 223 g/mol. The Morgan fingerprint density at radius 1 is 1.56 bits per heavy atom. The molecule has 88 valence electrons. The number of pyridine rings is 1. The number of aliphatic hydroxyl groups excluding tert-OH is 1. The van der Waals surface area contributed by atoms with Gasteiger partial charge in [0.2, 0.25) is 5.91 Å². The second-order valence-electron chi connectivity index (χ2n) is 3.87. The van der Waals surface area contributed by atoms with Gasteiger partial charge in [-0.2, -0.15) is 0 Å². The molecule has 0 aromatic carbocycles. The lowest BCUT2D eigenvalue weighted by Crippen LogP contribution is -2.39. The molecule has 1 heterocycles. The van der Waals surface area contributed by atoms with Crippen molar-refractivity contribution in [3.05, 3.63) is 23.9 Å². The fraction of sp³-hybridized carbons (Fsp3) is 0.455. The van der Waals surface area contributed by atoms with Gasteiger partial charge in [0.15, 0.2) is 0 Å². The maximum Gasteiger partial charge on any atom is 0.237 e. The van der Waals surface area contributed by atoms with Gasteiger partial charge < -0.3 is 15.7 Å². The summed E-state index contributed by atoms with van der Waals surface area (Å²) in [5.74, 6) is 0.299. The molecule has 1 aromatic rings. The van der Waals surface area contributed by atoms with Gasteiger partial charge in [-0.1, -0.05) is 6.07 Å². The highest BCUT2D eigenvalue weighted by Crippen LogP contribution is 2.14. The lowest BCUT2D eigenvalue weighted by atomic mass is 10.2. The summed E-state index contributed by atoms with van der Waals surface area (Å²) < 4.78 is 0. The van der Waals surface area contributed by atoms with Crippen LogP contribution in [0.2, 0.25) is 0 Å². The summed E-state index contributed by atoms with van der Waals surface area (Å²) >= 11 is 0. The largest absolute Gasteiger partial charge is 0.392 e. The number of carbonyl (C=O) groups is 1. The van der Waals surface area contributed by atoms with Crippen LogP contribution in [0.15, 0.2) is 18.3 Å². The van der Waals surface area contributed by atoms with Crippen molar-refractivity contribution in [2.45, 2.75) is 26.5 Å². The van der Waals surface area contributed by atoms with Crippen molar-refractivity contribution in [2.75, 3.05) is 11.4 Å². The number of aliphatic hydroxyl groups is 1. The van der Waals surface area contributed by atoms with Crippen molar-refractivity contribution < 1.29 is 9.90 Å². The molecule has 0 saturated heterocycles. The van der Waals surface area contributed by atoms with E-state index in [2.05, 4.69) is 4.98 Å². The van der Waals surface area contributed by atoms with Gasteiger partial charge in [-0.15, -0.1) is 0 Å². The zero-order chi connectivity index (χ0) is 12.1. The van der Waals surface area contributed by atoms with Crippen molar-refractivity contribution in [1.29, 1.82) is 0 Å². The van der Waals surface area contributed by atoms with E-state index in [-0.39, 0.29) is 25.1 Å². The Kier molecular flexibility index (Phi) is 4.25. The SMILES string of the molecule is CC(C)N(CC(N)=O)c1ccc(CO)cn1. The van der Waals surface area contributed by atoms with Crippen LogP contribution in [0, 0.1) is 0 Å². The molecule has 3 N–H and O–H groups in total. The molecule has 0 bridgehead atoms. The van der Waals surface area contributed by atoms with Crippen molar-refractivity contribution in [1.82, 2.24) is 4.98 Å². The highest BCUT2D eigenvalue weighted by Gasteiger charge is 2.13. The second-order valence-corrected chi connectivity index (χ2v) is 3.87. The van der Waals surface area contributed by atoms with Gasteiger partial charge in [-0.25, -0.2) is 4.98 Å². The molecule has 1 rings (SSSR count). The van der Waals surface area contributed by atoms with E-state index < -0.39 is 0 Å². The number of amides is 1. The third-order valence-electron chi connectivity index (χ3n) is 2.24. The molecule has 0 aliphatic heterocycles. The second kappa shape index (κ2) is 5.46. The summed E-state index contributed by atoms with van der Waals surface area (Å²) in [6.45, 7) is 4.03. The average molecular weight is 223 g/mol. The molecule has 0 unspecified atom stereocenters. The standard InChI is InChI=1S/C11H17N3O2/c1-8(2)14(6-10(12)16)11-4-3-9(7-15)5-13-11/h3-5,8,15H,6-7H2,1-2H3,(H2,12,16). The zero-order valence-corrected chi connectivity index (χ0v) is 9.55. The number of nitrogens with zero attached hydrogens (tertiary/aromatic N) is 2. The first-order valence-corrected chi connectivity index (χ1v) is 5.15. The van der Waals surface area contributed by atoms with Gasteiger partial charge in [-0.05, 0) is 25.5 Å². The summed E-state index contributed by atoms with van der Waals surface area (Å²) in [5.41, 5.74) is 5.92. The minimum absolute atomic E-state index is 0.0369. The number of hydrogen-bond donors (Lipinski definition) is 2. The van der Waals surface area contributed by atoms with Crippen molar-refractivity contribution in [3.63, 3.8) is 0 Å². The molecule has 0 radical (unpaired) electrons. The normalized spacial score (nSPS) is 10.5. The van der Waals surface area contributed by atoms with E-state index in [0.717, 1.165) is 5.56 Å².